The molecule has 0 fully saturated rings. The lowest BCUT2D eigenvalue weighted by atomic mass is 10.2. The van der Waals surface area contributed by atoms with Crippen molar-refractivity contribution in [3.05, 3.63) is 20.8 Å². The molecule has 2 aromatic heterocycles. The van der Waals surface area contributed by atoms with Gasteiger partial charge in [-0.25, -0.2) is 9.78 Å². The van der Waals surface area contributed by atoms with Gasteiger partial charge >= 0.3 is 5.97 Å². The number of nitrogens with two attached hydrogens (primary N) is 1. The van der Waals surface area contributed by atoms with Crippen molar-refractivity contribution in [1.29, 1.82) is 0 Å². The number of aromatic nitrogens is 2. The molecular formula is C11H13N3O3S. The molecule has 96 valence electrons. The highest BCUT2D eigenvalue weighted by molar-refractivity contribution is 7.20. The average molecular weight is 267 g/mol. The van der Waals surface area contributed by atoms with E-state index in [1.165, 1.54) is 0 Å². The predicted octanol–water partition coefficient (Wildman–Crippen LogP) is 1.44. The standard InChI is InChI=1S/C11H13N3O3S/c1-3-4-17-10(16)7-5(2)6-8(15)13-11(12)14-9(6)18-7/h3-4H2,1-2H3,(H3,12,13,14,15). The van der Waals surface area contributed by atoms with Gasteiger partial charge in [0.1, 0.15) is 9.71 Å². The minimum atomic E-state index is -0.421. The molecule has 0 saturated heterocycles. The maximum Gasteiger partial charge on any atom is 0.348 e. The fourth-order valence-electron chi connectivity index (χ4n) is 1.62. The summed E-state index contributed by atoms with van der Waals surface area (Å²) in [4.78, 5) is 30.8. The number of aryl methyl sites for hydroxylation is 1. The Labute approximate surface area is 107 Å². The number of nitrogen functional groups attached to an aromatic ring is 1. The number of esters is 1. The Bertz CT molecular complexity index is 659. The highest BCUT2D eigenvalue weighted by Crippen LogP contribution is 2.27. The maximum atomic E-state index is 11.8. The molecule has 0 spiro atoms. The number of carbonyl (C=O) groups is 1. The molecule has 0 aliphatic rings. The molecular weight excluding hydrogens is 254 g/mol. The van der Waals surface area contributed by atoms with E-state index in [0.29, 0.717) is 27.3 Å². The lowest BCUT2D eigenvalue weighted by Crippen LogP contribution is -2.11. The van der Waals surface area contributed by atoms with Crippen molar-refractivity contribution in [2.24, 2.45) is 0 Å². The molecule has 0 saturated carbocycles. The molecule has 18 heavy (non-hydrogen) atoms. The van der Waals surface area contributed by atoms with Gasteiger partial charge < -0.3 is 10.5 Å². The first kappa shape index (κ1) is 12.6. The van der Waals surface area contributed by atoms with Crippen LogP contribution in [-0.2, 0) is 4.74 Å². The van der Waals surface area contributed by atoms with Crippen LogP contribution in [0, 0.1) is 6.92 Å². The largest absolute Gasteiger partial charge is 0.462 e. The van der Waals surface area contributed by atoms with Gasteiger partial charge in [0.25, 0.3) is 5.56 Å². The van der Waals surface area contributed by atoms with E-state index < -0.39 is 5.97 Å². The van der Waals surface area contributed by atoms with Crippen molar-refractivity contribution in [3.8, 4) is 0 Å². The summed E-state index contributed by atoms with van der Waals surface area (Å²) in [6.45, 7) is 3.98. The van der Waals surface area contributed by atoms with Gasteiger partial charge in [0.2, 0.25) is 5.95 Å². The van der Waals surface area contributed by atoms with E-state index in [4.69, 9.17) is 10.5 Å². The third-order valence-corrected chi connectivity index (χ3v) is 3.61. The first-order valence-corrected chi connectivity index (χ1v) is 6.32. The number of nitrogens with zero attached hydrogens (tertiary/aromatic N) is 1. The van der Waals surface area contributed by atoms with Crippen LogP contribution < -0.4 is 11.3 Å². The number of H-pyrrole nitrogens is 1. The molecule has 2 heterocycles. The van der Waals surface area contributed by atoms with Gasteiger partial charge in [0.15, 0.2) is 0 Å². The molecule has 0 aliphatic heterocycles. The van der Waals surface area contributed by atoms with E-state index in [0.717, 1.165) is 17.8 Å². The smallest absolute Gasteiger partial charge is 0.348 e. The zero-order valence-electron chi connectivity index (χ0n) is 10.1. The molecule has 3 N–H and O–H groups in total. The number of ether oxygens (including phenoxy) is 1. The van der Waals surface area contributed by atoms with Gasteiger partial charge in [0, 0.05) is 0 Å². The SMILES string of the molecule is CCCOC(=O)c1sc2nc(N)[nH]c(=O)c2c1C. The van der Waals surface area contributed by atoms with E-state index in [9.17, 15) is 9.59 Å². The number of hydrogen-bond acceptors (Lipinski definition) is 6. The van der Waals surface area contributed by atoms with Crippen molar-refractivity contribution in [2.75, 3.05) is 12.3 Å². The van der Waals surface area contributed by atoms with E-state index in [2.05, 4.69) is 9.97 Å². The fourth-order valence-corrected chi connectivity index (χ4v) is 2.70. The van der Waals surface area contributed by atoms with E-state index >= 15 is 0 Å². The van der Waals surface area contributed by atoms with E-state index in [1.807, 2.05) is 6.92 Å². The predicted molar refractivity (Wildman–Crippen MR) is 70.0 cm³/mol. The number of thiophene rings is 1. The Morgan fingerprint density at radius 3 is 2.94 bits per heavy atom. The van der Waals surface area contributed by atoms with Crippen LogP contribution in [0.4, 0.5) is 5.95 Å². The van der Waals surface area contributed by atoms with Gasteiger partial charge in [-0.3, -0.25) is 9.78 Å². The summed E-state index contributed by atoms with van der Waals surface area (Å²) in [6.07, 6.45) is 0.751. The van der Waals surface area contributed by atoms with Crippen LogP contribution in [0.1, 0.15) is 28.6 Å². The lowest BCUT2D eigenvalue weighted by molar-refractivity contribution is 0.0510. The summed E-state index contributed by atoms with van der Waals surface area (Å²) in [5.41, 5.74) is 5.72. The minimum Gasteiger partial charge on any atom is -0.462 e. The van der Waals surface area contributed by atoms with Crippen LogP contribution in [-0.4, -0.2) is 22.5 Å². The van der Waals surface area contributed by atoms with Crippen LogP contribution in [0.2, 0.25) is 0 Å². The topological polar surface area (TPSA) is 98.1 Å². The zero-order valence-corrected chi connectivity index (χ0v) is 10.9. The molecule has 0 atom stereocenters. The summed E-state index contributed by atoms with van der Waals surface area (Å²) in [7, 11) is 0. The van der Waals surface area contributed by atoms with Crippen molar-refractivity contribution in [2.45, 2.75) is 20.3 Å². The van der Waals surface area contributed by atoms with Crippen molar-refractivity contribution < 1.29 is 9.53 Å². The fraction of sp³-hybridized carbons (Fsp3) is 0.364. The zero-order chi connectivity index (χ0) is 13.3. The Balaban J connectivity index is 2.54. The van der Waals surface area contributed by atoms with Gasteiger partial charge in [0.05, 0.1) is 12.0 Å². The van der Waals surface area contributed by atoms with Gasteiger partial charge in [-0.15, -0.1) is 11.3 Å². The molecule has 0 radical (unpaired) electrons. The summed E-state index contributed by atoms with van der Waals surface area (Å²) in [6, 6.07) is 0. The summed E-state index contributed by atoms with van der Waals surface area (Å²) in [5, 5.41) is 0.401. The van der Waals surface area contributed by atoms with Crippen molar-refractivity contribution in [3.63, 3.8) is 0 Å². The van der Waals surface area contributed by atoms with Crippen LogP contribution >= 0.6 is 11.3 Å². The van der Waals surface area contributed by atoms with E-state index in [-0.39, 0.29) is 11.5 Å². The molecule has 0 aromatic carbocycles. The second-order valence-electron chi connectivity index (χ2n) is 3.82. The maximum absolute atomic E-state index is 11.8. The number of nitrogens with one attached hydrogen (secondary N) is 1. The highest BCUT2D eigenvalue weighted by Gasteiger charge is 2.19. The van der Waals surface area contributed by atoms with Crippen LogP contribution in [0.15, 0.2) is 4.79 Å². The number of rotatable bonds is 3. The molecule has 2 aromatic rings. The number of carbonyl (C=O) groups excluding carboxylic acids is 1. The third kappa shape index (κ3) is 2.08. The Hall–Kier alpha value is -1.89. The van der Waals surface area contributed by atoms with Crippen LogP contribution in [0.25, 0.3) is 10.2 Å². The third-order valence-electron chi connectivity index (χ3n) is 2.44. The number of hydrogen-bond donors (Lipinski definition) is 2. The van der Waals surface area contributed by atoms with Crippen LogP contribution in [0.3, 0.4) is 0 Å². The summed E-state index contributed by atoms with van der Waals surface area (Å²) < 4.78 is 5.06. The lowest BCUT2D eigenvalue weighted by Gasteiger charge is -2.00. The normalized spacial score (nSPS) is 10.8. The monoisotopic (exact) mass is 267 g/mol. The molecule has 0 aliphatic carbocycles. The molecule has 0 bridgehead atoms. The van der Waals surface area contributed by atoms with Gasteiger partial charge in [-0.05, 0) is 18.9 Å². The van der Waals surface area contributed by atoms with Gasteiger partial charge in [-0.1, -0.05) is 6.92 Å². The first-order chi connectivity index (χ1) is 8.54. The Morgan fingerprint density at radius 2 is 2.28 bits per heavy atom. The number of aromatic amines is 1. The van der Waals surface area contributed by atoms with Crippen molar-refractivity contribution >= 4 is 33.5 Å². The molecule has 6 nitrogen and oxygen atoms in total. The Morgan fingerprint density at radius 1 is 1.56 bits per heavy atom. The second-order valence-corrected chi connectivity index (χ2v) is 4.82. The molecule has 7 heteroatoms. The number of anilines is 1. The second kappa shape index (κ2) is 4.77. The molecule has 2 rings (SSSR count). The highest BCUT2D eigenvalue weighted by atomic mass is 32.1. The first-order valence-electron chi connectivity index (χ1n) is 5.50. The van der Waals surface area contributed by atoms with Crippen molar-refractivity contribution in [1.82, 2.24) is 9.97 Å². The van der Waals surface area contributed by atoms with E-state index in [1.54, 1.807) is 6.92 Å². The van der Waals surface area contributed by atoms with Crippen LogP contribution in [0.5, 0.6) is 0 Å². The quantitative estimate of drug-likeness (QED) is 0.820. The molecule has 0 unspecified atom stereocenters. The van der Waals surface area contributed by atoms with Gasteiger partial charge in [-0.2, -0.15) is 0 Å². The summed E-state index contributed by atoms with van der Waals surface area (Å²) >= 11 is 1.13. The Kier molecular flexibility index (Phi) is 3.33. The minimum absolute atomic E-state index is 0.0437. The molecule has 0 amide bonds. The summed E-state index contributed by atoms with van der Waals surface area (Å²) in [5.74, 6) is -0.377. The average Bonchev–Trinajstić information content (AvgIpc) is 2.63. The number of fused-ring (bicyclic) bond motifs is 1.